The van der Waals surface area contributed by atoms with E-state index in [-0.39, 0.29) is 0 Å². The number of allylic oxidation sites excluding steroid dienone is 3. The molecule has 0 aromatic heterocycles. The van der Waals surface area contributed by atoms with Gasteiger partial charge in [0.2, 0.25) is 0 Å². The van der Waals surface area contributed by atoms with Gasteiger partial charge in [0.1, 0.15) is 0 Å². The van der Waals surface area contributed by atoms with Gasteiger partial charge in [-0.25, -0.2) is 0 Å². The van der Waals surface area contributed by atoms with Crippen LogP contribution in [0.4, 0.5) is 0 Å². The summed E-state index contributed by atoms with van der Waals surface area (Å²) in [6.07, 6.45) is 7.99. The lowest BCUT2D eigenvalue weighted by molar-refractivity contribution is 0.611. The first-order valence-electron chi connectivity index (χ1n) is 3.78. The highest BCUT2D eigenvalue weighted by Gasteiger charge is 1.86. The van der Waals surface area contributed by atoms with Crippen molar-refractivity contribution in [2.45, 2.75) is 20.8 Å². The van der Waals surface area contributed by atoms with Crippen molar-refractivity contribution in [1.82, 2.24) is 5.32 Å². The maximum Gasteiger partial charge on any atom is 0.0164 e. The molecule has 0 fully saturated rings. The lowest BCUT2D eigenvalue weighted by Gasteiger charge is -2.01. The van der Waals surface area contributed by atoms with Crippen LogP contribution in [0, 0.1) is 5.92 Å². The monoisotopic (exact) mass is 139 g/mol. The summed E-state index contributed by atoms with van der Waals surface area (Å²) in [5.74, 6) is 0.718. The summed E-state index contributed by atoms with van der Waals surface area (Å²) in [7, 11) is 0. The smallest absolute Gasteiger partial charge is 0.0164 e. The number of hydrogen-bond donors (Lipinski definition) is 1. The van der Waals surface area contributed by atoms with Gasteiger partial charge in [0, 0.05) is 6.54 Å². The molecule has 1 heteroatoms. The second-order valence-electron chi connectivity index (χ2n) is 2.69. The quantitative estimate of drug-likeness (QED) is 0.589. The SMILES string of the molecule is C/C=C\C=C/NCC(C)C. The van der Waals surface area contributed by atoms with Gasteiger partial charge in [0.05, 0.1) is 0 Å². The van der Waals surface area contributed by atoms with Crippen LogP contribution in [-0.4, -0.2) is 6.54 Å². The van der Waals surface area contributed by atoms with Crippen LogP contribution in [-0.2, 0) is 0 Å². The van der Waals surface area contributed by atoms with Crippen molar-refractivity contribution in [3.8, 4) is 0 Å². The molecule has 0 aliphatic carbocycles. The van der Waals surface area contributed by atoms with Crippen LogP contribution in [0.25, 0.3) is 0 Å². The molecule has 1 N–H and O–H groups in total. The highest BCUT2D eigenvalue weighted by molar-refractivity contribution is 4.99. The van der Waals surface area contributed by atoms with Gasteiger partial charge < -0.3 is 5.32 Å². The van der Waals surface area contributed by atoms with Gasteiger partial charge in [-0.05, 0) is 25.1 Å². The molecule has 1 nitrogen and oxygen atoms in total. The average Bonchev–Trinajstić information content (AvgIpc) is 1.87. The van der Waals surface area contributed by atoms with E-state index >= 15 is 0 Å². The van der Waals surface area contributed by atoms with Crippen LogP contribution in [0.5, 0.6) is 0 Å². The van der Waals surface area contributed by atoms with Gasteiger partial charge in [-0.15, -0.1) is 0 Å². The first-order chi connectivity index (χ1) is 4.77. The highest BCUT2D eigenvalue weighted by atomic mass is 14.8. The van der Waals surface area contributed by atoms with Crippen LogP contribution in [0.3, 0.4) is 0 Å². The predicted molar refractivity (Wildman–Crippen MR) is 46.8 cm³/mol. The zero-order valence-electron chi connectivity index (χ0n) is 7.09. The molecule has 0 aliphatic rings. The first-order valence-corrected chi connectivity index (χ1v) is 3.78. The third kappa shape index (κ3) is 7.28. The molecule has 0 saturated heterocycles. The predicted octanol–water partition coefficient (Wildman–Crippen LogP) is 2.32. The van der Waals surface area contributed by atoms with E-state index in [1.54, 1.807) is 0 Å². The normalized spacial score (nSPS) is 12.0. The Morgan fingerprint density at radius 3 is 2.50 bits per heavy atom. The van der Waals surface area contributed by atoms with Gasteiger partial charge in [-0.2, -0.15) is 0 Å². The maximum atomic E-state index is 3.19. The summed E-state index contributed by atoms with van der Waals surface area (Å²) in [5.41, 5.74) is 0. The van der Waals surface area contributed by atoms with E-state index in [2.05, 4.69) is 19.2 Å². The Hall–Kier alpha value is -0.720. The third-order valence-corrected chi connectivity index (χ3v) is 1.04. The Morgan fingerprint density at radius 2 is 2.00 bits per heavy atom. The molecule has 58 valence electrons. The molecule has 0 spiro atoms. The van der Waals surface area contributed by atoms with Crippen molar-refractivity contribution in [1.29, 1.82) is 0 Å². The molecule has 0 saturated carbocycles. The van der Waals surface area contributed by atoms with Crippen LogP contribution < -0.4 is 5.32 Å². The van der Waals surface area contributed by atoms with Gasteiger partial charge >= 0.3 is 0 Å². The minimum Gasteiger partial charge on any atom is -0.391 e. The fraction of sp³-hybridized carbons (Fsp3) is 0.556. The minimum absolute atomic E-state index is 0.718. The van der Waals surface area contributed by atoms with E-state index < -0.39 is 0 Å². The molecule has 10 heavy (non-hydrogen) atoms. The number of nitrogens with one attached hydrogen (secondary N) is 1. The van der Waals surface area contributed by atoms with Crippen molar-refractivity contribution >= 4 is 0 Å². The summed E-state index contributed by atoms with van der Waals surface area (Å²) >= 11 is 0. The van der Waals surface area contributed by atoms with E-state index in [4.69, 9.17) is 0 Å². The fourth-order valence-electron chi connectivity index (χ4n) is 0.538. The largest absolute Gasteiger partial charge is 0.391 e. The third-order valence-electron chi connectivity index (χ3n) is 1.04. The van der Waals surface area contributed by atoms with Gasteiger partial charge in [-0.1, -0.05) is 26.0 Å². The second kappa shape index (κ2) is 6.40. The molecular formula is C9H17N. The minimum atomic E-state index is 0.718. The van der Waals surface area contributed by atoms with E-state index in [0.717, 1.165) is 12.5 Å². The molecule has 0 rings (SSSR count). The molecule has 0 radical (unpaired) electrons. The van der Waals surface area contributed by atoms with Gasteiger partial charge in [0.15, 0.2) is 0 Å². The summed E-state index contributed by atoms with van der Waals surface area (Å²) < 4.78 is 0. The molecule has 0 aliphatic heterocycles. The average molecular weight is 139 g/mol. The summed E-state index contributed by atoms with van der Waals surface area (Å²) in [6, 6.07) is 0. The Labute approximate surface area is 63.8 Å². The topological polar surface area (TPSA) is 12.0 Å². The second-order valence-corrected chi connectivity index (χ2v) is 2.69. The Bertz CT molecular complexity index is 112. The molecule has 0 unspecified atom stereocenters. The van der Waals surface area contributed by atoms with Crippen molar-refractivity contribution in [3.05, 3.63) is 24.4 Å². The van der Waals surface area contributed by atoms with E-state index in [0.29, 0.717) is 0 Å². The van der Waals surface area contributed by atoms with Crippen LogP contribution in [0.2, 0.25) is 0 Å². The van der Waals surface area contributed by atoms with Crippen molar-refractivity contribution < 1.29 is 0 Å². The first kappa shape index (κ1) is 9.28. The van der Waals surface area contributed by atoms with Crippen LogP contribution in [0.15, 0.2) is 24.4 Å². The molecule has 0 atom stereocenters. The summed E-state index contributed by atoms with van der Waals surface area (Å²) in [5, 5.41) is 3.19. The summed E-state index contributed by atoms with van der Waals surface area (Å²) in [4.78, 5) is 0. The Balaban J connectivity index is 3.18. The molecule has 0 aromatic rings. The van der Waals surface area contributed by atoms with Gasteiger partial charge in [-0.3, -0.25) is 0 Å². The summed E-state index contributed by atoms with van der Waals surface area (Å²) in [6.45, 7) is 7.44. The number of rotatable bonds is 4. The Kier molecular flexibility index (Phi) is 5.94. The maximum absolute atomic E-state index is 3.19. The van der Waals surface area contributed by atoms with E-state index in [9.17, 15) is 0 Å². The highest BCUT2D eigenvalue weighted by Crippen LogP contribution is 1.86. The molecular weight excluding hydrogens is 122 g/mol. The van der Waals surface area contributed by atoms with Crippen molar-refractivity contribution in [2.75, 3.05) is 6.54 Å². The molecule has 0 aromatic carbocycles. The lowest BCUT2D eigenvalue weighted by atomic mass is 10.2. The fourth-order valence-corrected chi connectivity index (χ4v) is 0.538. The van der Waals surface area contributed by atoms with E-state index in [1.165, 1.54) is 0 Å². The molecule has 0 amide bonds. The van der Waals surface area contributed by atoms with Crippen LogP contribution in [0.1, 0.15) is 20.8 Å². The zero-order chi connectivity index (χ0) is 7.82. The van der Waals surface area contributed by atoms with Gasteiger partial charge in [0.25, 0.3) is 0 Å². The molecule has 0 heterocycles. The van der Waals surface area contributed by atoms with Crippen molar-refractivity contribution in [2.24, 2.45) is 5.92 Å². The zero-order valence-corrected chi connectivity index (χ0v) is 7.09. The van der Waals surface area contributed by atoms with E-state index in [1.807, 2.05) is 31.4 Å². The standard InChI is InChI=1S/C9H17N/c1-4-5-6-7-10-8-9(2)3/h4-7,9-10H,8H2,1-3H3/b5-4-,7-6-. The lowest BCUT2D eigenvalue weighted by Crippen LogP contribution is -2.12. The number of hydrogen-bond acceptors (Lipinski definition) is 1. The Morgan fingerprint density at radius 1 is 1.30 bits per heavy atom. The van der Waals surface area contributed by atoms with Crippen molar-refractivity contribution in [3.63, 3.8) is 0 Å². The van der Waals surface area contributed by atoms with Crippen LogP contribution >= 0.6 is 0 Å². The molecule has 0 bridgehead atoms.